The van der Waals surface area contributed by atoms with Gasteiger partial charge in [-0.2, -0.15) is 0 Å². The summed E-state index contributed by atoms with van der Waals surface area (Å²) in [7, 11) is 0. The van der Waals surface area contributed by atoms with E-state index in [4.69, 9.17) is 9.29 Å². The van der Waals surface area contributed by atoms with Crippen LogP contribution < -0.4 is 4.74 Å². The van der Waals surface area contributed by atoms with Crippen molar-refractivity contribution in [2.45, 2.75) is 11.8 Å². The van der Waals surface area contributed by atoms with Crippen molar-refractivity contribution in [3.05, 3.63) is 24.3 Å². The average Bonchev–Trinajstić information content (AvgIpc) is 2.06. The molecule has 0 amide bonds. The molecule has 0 radical (unpaired) electrons. The average molecular weight is 226 g/mol. The second-order valence-electron chi connectivity index (χ2n) is 2.15. The molecule has 0 saturated heterocycles. The molecule has 0 heterocycles. The van der Waals surface area contributed by atoms with Gasteiger partial charge in [-0.1, -0.05) is 0 Å². The van der Waals surface area contributed by atoms with Crippen LogP contribution >= 0.6 is 0 Å². The fourth-order valence-corrected chi connectivity index (χ4v) is 1.19. The van der Waals surface area contributed by atoms with E-state index >= 15 is 0 Å². The molecule has 13 heavy (non-hydrogen) atoms. The van der Waals surface area contributed by atoms with Gasteiger partial charge in [0.05, 0.1) is 11.5 Å². The van der Waals surface area contributed by atoms with Crippen molar-refractivity contribution in [2.24, 2.45) is 0 Å². The quantitative estimate of drug-likeness (QED) is 0.618. The Hall–Kier alpha value is 0.766. The van der Waals surface area contributed by atoms with Crippen molar-refractivity contribution in [1.82, 2.24) is 0 Å². The predicted molar refractivity (Wildman–Crippen MR) is 53.8 cm³/mol. The zero-order valence-electron chi connectivity index (χ0n) is 6.69. The molecule has 68 valence electrons. The van der Waals surface area contributed by atoms with Gasteiger partial charge in [0.1, 0.15) is 5.75 Å². The van der Waals surface area contributed by atoms with Crippen LogP contribution in [0.3, 0.4) is 0 Å². The second kappa shape index (κ2) is 7.11. The predicted octanol–water partition coefficient (Wildman–Crippen LogP) is 1.02. The summed E-state index contributed by atoms with van der Waals surface area (Å²) in [4.78, 5) is 0.387. The van der Waals surface area contributed by atoms with Gasteiger partial charge in [-0.05, 0) is 31.2 Å². The van der Waals surface area contributed by atoms with E-state index in [0.29, 0.717) is 17.3 Å². The number of hydrogen-bond acceptors (Lipinski definition) is 2. The summed E-state index contributed by atoms with van der Waals surface area (Å²) < 4.78 is 24.4. The summed E-state index contributed by atoms with van der Waals surface area (Å²) in [6.45, 7) is 2.49. The van der Waals surface area contributed by atoms with Crippen LogP contribution in [-0.2, 0) is 11.1 Å². The summed E-state index contributed by atoms with van der Waals surface area (Å²) in [6.07, 6.45) is 0. The van der Waals surface area contributed by atoms with Gasteiger partial charge in [-0.25, -0.2) is 4.21 Å². The van der Waals surface area contributed by atoms with Crippen molar-refractivity contribution in [2.75, 3.05) is 6.61 Å². The molecule has 0 fully saturated rings. The van der Waals surface area contributed by atoms with Crippen LogP contribution in [0.5, 0.6) is 5.75 Å². The topological polar surface area (TPSA) is 46.5 Å². The Bertz CT molecular complexity index is 273. The van der Waals surface area contributed by atoms with Gasteiger partial charge in [-0.15, -0.1) is 0 Å². The molecule has 1 aromatic carbocycles. The van der Waals surface area contributed by atoms with Crippen molar-refractivity contribution < 1.29 is 13.5 Å². The Kier molecular flexibility index (Phi) is 7.53. The third-order valence-corrected chi connectivity index (χ3v) is 2.01. The van der Waals surface area contributed by atoms with Crippen LogP contribution in [0.15, 0.2) is 29.2 Å². The molecule has 0 aromatic heterocycles. The Morgan fingerprint density at radius 2 is 1.92 bits per heavy atom. The van der Waals surface area contributed by atoms with Gasteiger partial charge in [0.15, 0.2) is 11.1 Å². The summed E-state index contributed by atoms with van der Waals surface area (Å²) in [5, 5.41) is 0. The molecular weight excluding hydrogens is 215 g/mol. The van der Waals surface area contributed by atoms with Gasteiger partial charge >= 0.3 is 51.4 Å². The minimum absolute atomic E-state index is 0. The third kappa shape index (κ3) is 4.69. The van der Waals surface area contributed by atoms with Crippen LogP contribution in [-0.4, -0.2) is 66.8 Å². The molecule has 1 rings (SSSR count). The van der Waals surface area contributed by atoms with Crippen LogP contribution in [0.1, 0.15) is 6.92 Å². The first kappa shape index (κ1) is 13.8. The molecule has 3 nitrogen and oxygen atoms in total. The van der Waals surface area contributed by atoms with E-state index in [1.54, 1.807) is 24.3 Å². The first-order valence-corrected chi connectivity index (χ1v) is 4.68. The van der Waals surface area contributed by atoms with E-state index in [1.807, 2.05) is 6.92 Å². The molecule has 5 heteroatoms. The van der Waals surface area contributed by atoms with Crippen molar-refractivity contribution >= 4 is 62.5 Å². The van der Waals surface area contributed by atoms with Gasteiger partial charge in [0, 0.05) is 0 Å². The van der Waals surface area contributed by atoms with E-state index in [2.05, 4.69) is 0 Å². The number of ether oxygens (including phenoxy) is 1. The zero-order chi connectivity index (χ0) is 8.97. The summed E-state index contributed by atoms with van der Waals surface area (Å²) in [6, 6.07) is 6.49. The Labute approximate surface area is 123 Å². The summed E-state index contributed by atoms with van der Waals surface area (Å²) in [5.74, 6) is 0.715. The zero-order valence-corrected chi connectivity index (χ0v) is 7.50. The van der Waals surface area contributed by atoms with Gasteiger partial charge in [-0.3, -0.25) is 0 Å². The first-order chi connectivity index (χ1) is 5.74. The summed E-state index contributed by atoms with van der Waals surface area (Å²) in [5.41, 5.74) is 0. The summed E-state index contributed by atoms with van der Waals surface area (Å²) >= 11 is -1.90. The maximum atomic E-state index is 10.5. The van der Waals surface area contributed by atoms with Crippen LogP contribution in [0, 0.1) is 0 Å². The fraction of sp³-hybridized carbons (Fsp3) is 0.250. The standard InChI is InChI=1S/C8H10O3S.K.H/c1-2-11-7-3-5-8(6-4-7)12(9)10;;/h3-6H,2H2,1H3,(H,9,10);;. The molecule has 0 aliphatic rings. The van der Waals surface area contributed by atoms with Crippen LogP contribution in [0.2, 0.25) is 0 Å². The molecule has 0 saturated carbocycles. The minimum atomic E-state index is -1.90. The van der Waals surface area contributed by atoms with E-state index in [0.717, 1.165) is 0 Å². The molecule has 0 aliphatic carbocycles. The molecule has 0 aliphatic heterocycles. The third-order valence-electron chi connectivity index (χ3n) is 1.34. The molecule has 0 bridgehead atoms. The van der Waals surface area contributed by atoms with Crippen molar-refractivity contribution in [3.8, 4) is 5.75 Å². The van der Waals surface area contributed by atoms with Crippen LogP contribution in [0.25, 0.3) is 0 Å². The maximum absolute atomic E-state index is 10.5. The van der Waals surface area contributed by atoms with E-state index in [9.17, 15) is 4.21 Å². The van der Waals surface area contributed by atoms with E-state index < -0.39 is 11.1 Å². The van der Waals surface area contributed by atoms with Gasteiger partial charge in [0.2, 0.25) is 0 Å². The molecule has 0 spiro atoms. The van der Waals surface area contributed by atoms with Crippen molar-refractivity contribution in [3.63, 3.8) is 0 Å². The molecule has 1 aromatic rings. The first-order valence-electron chi connectivity index (χ1n) is 3.57. The Morgan fingerprint density at radius 1 is 1.38 bits per heavy atom. The normalized spacial score (nSPS) is 11.5. The molecule has 1 unspecified atom stereocenters. The van der Waals surface area contributed by atoms with Gasteiger partial charge in [0.25, 0.3) is 0 Å². The number of hydrogen-bond donors (Lipinski definition) is 1. The number of rotatable bonds is 3. The molecular formula is C8H11KO3S. The second-order valence-corrected chi connectivity index (χ2v) is 3.12. The van der Waals surface area contributed by atoms with E-state index in [-0.39, 0.29) is 51.4 Å². The van der Waals surface area contributed by atoms with Crippen LogP contribution in [0.4, 0.5) is 0 Å². The fourth-order valence-electron chi connectivity index (χ4n) is 0.819. The Balaban J connectivity index is 0.00000144. The number of benzene rings is 1. The van der Waals surface area contributed by atoms with Crippen molar-refractivity contribution in [1.29, 1.82) is 0 Å². The van der Waals surface area contributed by atoms with E-state index in [1.165, 1.54) is 0 Å². The van der Waals surface area contributed by atoms with Gasteiger partial charge < -0.3 is 9.29 Å². The molecule has 1 N–H and O–H groups in total. The molecule has 1 atom stereocenters. The Morgan fingerprint density at radius 3 is 2.31 bits per heavy atom. The monoisotopic (exact) mass is 226 g/mol. The SMILES string of the molecule is CCOc1ccc(S(=O)O)cc1.[KH].